The highest BCUT2D eigenvalue weighted by atomic mass is 35.5. The van der Waals surface area contributed by atoms with Gasteiger partial charge in [-0.25, -0.2) is 4.98 Å². The lowest BCUT2D eigenvalue weighted by Crippen LogP contribution is -2.22. The van der Waals surface area contributed by atoms with Crippen LogP contribution in [0.1, 0.15) is 22.8 Å². The van der Waals surface area contributed by atoms with E-state index in [1.807, 2.05) is 61.7 Å². The number of carbonyl (C=O) groups is 2. The normalized spacial score (nSPS) is 11.7. The number of rotatable bonds is 7. The maximum atomic E-state index is 12.7. The summed E-state index contributed by atoms with van der Waals surface area (Å²) in [6, 6.07) is 20.1. The smallest absolute Gasteiger partial charge is 0.255 e. The third-order valence-electron chi connectivity index (χ3n) is 5.06. The van der Waals surface area contributed by atoms with Gasteiger partial charge in [0.05, 0.1) is 21.0 Å². The van der Waals surface area contributed by atoms with Crippen LogP contribution in [0.4, 0.5) is 10.8 Å². The molecule has 0 aliphatic rings. The number of thioether (sulfide) groups is 1. The second kappa shape index (κ2) is 11.3. The summed E-state index contributed by atoms with van der Waals surface area (Å²) in [6.07, 6.45) is 0. The lowest BCUT2D eigenvalue weighted by atomic mass is 10.1. The molecule has 2 amide bonds. The molecule has 4 aromatic rings. The number of nitrogens with one attached hydrogen (secondary N) is 2. The molecular weight excluding hydrogens is 521 g/mol. The zero-order valence-electron chi connectivity index (χ0n) is 18.8. The first-order valence-corrected chi connectivity index (χ1v) is 13.2. The van der Waals surface area contributed by atoms with E-state index >= 15 is 0 Å². The van der Waals surface area contributed by atoms with Gasteiger partial charge >= 0.3 is 0 Å². The Kier molecular flexibility index (Phi) is 8.13. The predicted molar refractivity (Wildman–Crippen MR) is 147 cm³/mol. The fourth-order valence-corrected chi connectivity index (χ4v) is 5.00. The minimum Gasteiger partial charge on any atom is -0.322 e. The van der Waals surface area contributed by atoms with Gasteiger partial charge in [-0.15, -0.1) is 23.1 Å². The lowest BCUT2D eigenvalue weighted by molar-refractivity contribution is -0.115. The van der Waals surface area contributed by atoms with E-state index in [1.165, 1.54) is 23.1 Å². The van der Waals surface area contributed by atoms with Gasteiger partial charge in [-0.05, 0) is 62.4 Å². The second-order valence-electron chi connectivity index (χ2n) is 7.76. The zero-order valence-corrected chi connectivity index (χ0v) is 22.0. The number of amides is 2. The monoisotopic (exact) mass is 541 g/mol. The van der Waals surface area contributed by atoms with Crippen molar-refractivity contribution in [3.05, 3.63) is 93.3 Å². The largest absolute Gasteiger partial charge is 0.322 e. The third-order valence-corrected chi connectivity index (χ3v) is 7.67. The summed E-state index contributed by atoms with van der Waals surface area (Å²) in [6.45, 7) is 3.81. The fraction of sp³-hybridized carbons (Fsp3) is 0.115. The van der Waals surface area contributed by atoms with Crippen LogP contribution in [-0.2, 0) is 4.79 Å². The van der Waals surface area contributed by atoms with Gasteiger partial charge < -0.3 is 10.6 Å². The molecule has 1 heterocycles. The van der Waals surface area contributed by atoms with Gasteiger partial charge in [0.1, 0.15) is 0 Å². The van der Waals surface area contributed by atoms with Crippen LogP contribution in [0.25, 0.3) is 11.3 Å². The fourth-order valence-electron chi connectivity index (χ4n) is 3.11. The highest BCUT2D eigenvalue weighted by Gasteiger charge is 2.17. The van der Waals surface area contributed by atoms with Crippen LogP contribution < -0.4 is 10.6 Å². The molecule has 0 spiro atoms. The summed E-state index contributed by atoms with van der Waals surface area (Å²) in [5.74, 6) is -0.316. The summed E-state index contributed by atoms with van der Waals surface area (Å²) in [7, 11) is 0. The average Bonchev–Trinajstić information content (AvgIpc) is 3.31. The molecule has 2 N–H and O–H groups in total. The Morgan fingerprint density at radius 2 is 1.66 bits per heavy atom. The van der Waals surface area contributed by atoms with Gasteiger partial charge in [0.25, 0.3) is 5.91 Å². The van der Waals surface area contributed by atoms with Crippen LogP contribution in [0.3, 0.4) is 0 Å². The van der Waals surface area contributed by atoms with Crippen LogP contribution in [-0.4, -0.2) is 22.0 Å². The van der Waals surface area contributed by atoms with Crippen LogP contribution in [0.15, 0.2) is 77.0 Å². The van der Waals surface area contributed by atoms with Crippen molar-refractivity contribution in [3.8, 4) is 11.3 Å². The number of aromatic nitrogens is 1. The van der Waals surface area contributed by atoms with E-state index in [4.69, 9.17) is 23.2 Å². The molecular formula is C26H21Cl2N3O2S2. The zero-order chi connectivity index (χ0) is 24.9. The highest BCUT2D eigenvalue weighted by molar-refractivity contribution is 8.00. The van der Waals surface area contributed by atoms with Gasteiger partial charge in [0, 0.05) is 27.1 Å². The van der Waals surface area contributed by atoms with E-state index in [2.05, 4.69) is 15.6 Å². The number of hydrogen-bond donors (Lipinski definition) is 2. The number of halogens is 2. The van der Waals surface area contributed by atoms with Gasteiger partial charge in [0.2, 0.25) is 5.91 Å². The van der Waals surface area contributed by atoms with E-state index in [1.54, 1.807) is 24.3 Å². The Balaban J connectivity index is 1.32. The van der Waals surface area contributed by atoms with Crippen molar-refractivity contribution >= 4 is 68.9 Å². The summed E-state index contributed by atoms with van der Waals surface area (Å²) in [5, 5.41) is 8.71. The maximum Gasteiger partial charge on any atom is 0.255 e. The number of benzene rings is 3. The van der Waals surface area contributed by atoms with Crippen LogP contribution in [0.2, 0.25) is 10.0 Å². The van der Waals surface area contributed by atoms with Crippen LogP contribution >= 0.6 is 46.3 Å². The van der Waals surface area contributed by atoms with Crippen LogP contribution in [0, 0.1) is 6.92 Å². The summed E-state index contributed by atoms with van der Waals surface area (Å²) >= 11 is 14.8. The quantitative estimate of drug-likeness (QED) is 0.234. The first kappa shape index (κ1) is 25.3. The summed E-state index contributed by atoms with van der Waals surface area (Å²) < 4.78 is 0. The number of thiazole rings is 1. The van der Waals surface area contributed by atoms with Crippen LogP contribution in [0.5, 0.6) is 0 Å². The Bertz CT molecular complexity index is 1360. The molecule has 0 bridgehead atoms. The Morgan fingerprint density at radius 3 is 2.34 bits per heavy atom. The standard InChI is InChI=1S/C26H21Cl2N3O2S2/c1-15-3-5-17(6-4-15)25(33)29-19-8-10-20(11-9-19)35-16(2)24(32)31-26-30-23(14-34-26)18-7-12-21(27)22(28)13-18/h3-14,16H,1-2H3,(H,29,33)(H,30,31,32). The van der Waals surface area contributed by atoms with Crippen molar-refractivity contribution in [2.24, 2.45) is 0 Å². The number of nitrogens with zero attached hydrogens (tertiary/aromatic N) is 1. The average molecular weight is 543 g/mol. The molecule has 0 aliphatic carbocycles. The van der Waals surface area contributed by atoms with E-state index in [0.717, 1.165) is 16.0 Å². The molecule has 9 heteroatoms. The van der Waals surface area contributed by atoms with Crippen molar-refractivity contribution in [1.29, 1.82) is 0 Å². The lowest BCUT2D eigenvalue weighted by Gasteiger charge is -2.11. The Labute approximate surface area is 221 Å². The number of aryl methyl sites for hydroxylation is 1. The number of anilines is 2. The summed E-state index contributed by atoms with van der Waals surface area (Å²) in [4.78, 5) is 30.5. The molecule has 1 unspecified atom stereocenters. The SMILES string of the molecule is Cc1ccc(C(=O)Nc2ccc(SC(C)C(=O)Nc3nc(-c4ccc(Cl)c(Cl)c4)cs3)cc2)cc1. The minimum absolute atomic E-state index is 0.151. The molecule has 0 aliphatic heterocycles. The molecule has 1 aromatic heterocycles. The minimum atomic E-state index is -0.347. The Hall–Kier alpha value is -2.84. The molecule has 4 rings (SSSR count). The van der Waals surface area contributed by atoms with Crippen molar-refractivity contribution in [1.82, 2.24) is 4.98 Å². The van der Waals surface area contributed by atoms with Crippen molar-refractivity contribution in [2.75, 3.05) is 10.6 Å². The molecule has 178 valence electrons. The Morgan fingerprint density at radius 1 is 0.943 bits per heavy atom. The van der Waals surface area contributed by atoms with Gasteiger partial charge in [-0.2, -0.15) is 0 Å². The molecule has 0 saturated carbocycles. The number of carbonyl (C=O) groups excluding carboxylic acids is 2. The van der Waals surface area contributed by atoms with E-state index in [9.17, 15) is 9.59 Å². The first-order chi connectivity index (χ1) is 16.8. The number of hydrogen-bond acceptors (Lipinski definition) is 5. The van der Waals surface area contributed by atoms with E-state index < -0.39 is 0 Å². The molecule has 1 atom stereocenters. The molecule has 0 saturated heterocycles. The third kappa shape index (κ3) is 6.64. The molecule has 0 fully saturated rings. The first-order valence-electron chi connectivity index (χ1n) is 10.6. The molecule has 0 radical (unpaired) electrons. The molecule has 3 aromatic carbocycles. The van der Waals surface area contributed by atoms with E-state index in [-0.39, 0.29) is 17.1 Å². The van der Waals surface area contributed by atoms with Gasteiger partial charge in [-0.1, -0.05) is 47.0 Å². The molecule has 5 nitrogen and oxygen atoms in total. The van der Waals surface area contributed by atoms with E-state index in [0.29, 0.717) is 32.1 Å². The highest BCUT2D eigenvalue weighted by Crippen LogP contribution is 2.31. The maximum absolute atomic E-state index is 12.7. The van der Waals surface area contributed by atoms with Crippen molar-refractivity contribution in [2.45, 2.75) is 24.0 Å². The van der Waals surface area contributed by atoms with Crippen molar-refractivity contribution in [3.63, 3.8) is 0 Å². The predicted octanol–water partition coefficient (Wildman–Crippen LogP) is 7.80. The van der Waals surface area contributed by atoms with Gasteiger partial charge in [-0.3, -0.25) is 9.59 Å². The second-order valence-corrected chi connectivity index (χ2v) is 10.8. The van der Waals surface area contributed by atoms with Gasteiger partial charge in [0.15, 0.2) is 5.13 Å². The summed E-state index contributed by atoms with van der Waals surface area (Å²) in [5.41, 5.74) is 3.93. The molecule has 35 heavy (non-hydrogen) atoms. The van der Waals surface area contributed by atoms with Crippen molar-refractivity contribution < 1.29 is 9.59 Å². The topological polar surface area (TPSA) is 71.1 Å².